The van der Waals surface area contributed by atoms with Crippen molar-refractivity contribution in [3.05, 3.63) is 47.8 Å². The molecule has 1 aromatic carbocycles. The summed E-state index contributed by atoms with van der Waals surface area (Å²) in [6, 6.07) is 8.35. The van der Waals surface area contributed by atoms with E-state index in [9.17, 15) is 0 Å². The Morgan fingerprint density at radius 2 is 1.88 bits per heavy atom. The molecule has 5 heteroatoms. The van der Waals surface area contributed by atoms with Crippen molar-refractivity contribution in [3.8, 4) is 11.4 Å². The predicted molar refractivity (Wildman–Crippen MR) is 103 cm³/mol. The van der Waals surface area contributed by atoms with Gasteiger partial charge in [0, 0.05) is 68.5 Å². The van der Waals surface area contributed by atoms with Crippen LogP contribution in [0.1, 0.15) is 24.0 Å². The fourth-order valence-corrected chi connectivity index (χ4v) is 4.20. The zero-order valence-electron chi connectivity index (χ0n) is 15.8. The minimum atomic E-state index is 0.277. The summed E-state index contributed by atoms with van der Waals surface area (Å²) in [4.78, 5) is 14.3. The summed E-state index contributed by atoms with van der Waals surface area (Å²) in [6.45, 7) is 8.09. The molecule has 3 heterocycles. The Bertz CT molecular complexity index is 740. The fourth-order valence-electron chi connectivity index (χ4n) is 4.20. The molecule has 2 saturated heterocycles. The lowest BCUT2D eigenvalue weighted by atomic mass is 9.86. The van der Waals surface area contributed by atoms with Crippen molar-refractivity contribution >= 4 is 0 Å². The van der Waals surface area contributed by atoms with Crippen LogP contribution in [0.5, 0.6) is 0 Å². The third-order valence-electron chi connectivity index (χ3n) is 5.89. The number of benzene rings is 1. The molecule has 2 aliphatic rings. The molecule has 0 amide bonds. The van der Waals surface area contributed by atoms with Gasteiger partial charge >= 0.3 is 0 Å². The molecule has 0 atom stereocenters. The van der Waals surface area contributed by atoms with Gasteiger partial charge < -0.3 is 4.74 Å². The van der Waals surface area contributed by atoms with Gasteiger partial charge in [-0.3, -0.25) is 9.80 Å². The van der Waals surface area contributed by atoms with Gasteiger partial charge in [-0.25, -0.2) is 9.97 Å². The summed E-state index contributed by atoms with van der Waals surface area (Å²) < 4.78 is 5.60. The van der Waals surface area contributed by atoms with E-state index in [2.05, 4.69) is 58.0 Å². The summed E-state index contributed by atoms with van der Waals surface area (Å²) in [7, 11) is 2.27. The second kappa shape index (κ2) is 7.43. The van der Waals surface area contributed by atoms with E-state index in [1.165, 1.54) is 11.1 Å². The van der Waals surface area contributed by atoms with Crippen LogP contribution in [0.2, 0.25) is 0 Å². The molecule has 4 rings (SSSR count). The molecular weight excluding hydrogens is 324 g/mol. The SMILES string of the molecule is Cc1cccc(-c2ncc(CN3CCN(C)C4(CCOCC4)C3)cn2)c1. The van der Waals surface area contributed by atoms with Crippen LogP contribution in [-0.2, 0) is 11.3 Å². The van der Waals surface area contributed by atoms with Crippen molar-refractivity contribution in [3.63, 3.8) is 0 Å². The Balaban J connectivity index is 1.44. The number of aryl methyl sites for hydroxylation is 1. The highest BCUT2D eigenvalue weighted by Gasteiger charge is 2.40. The number of hydrogen-bond acceptors (Lipinski definition) is 5. The van der Waals surface area contributed by atoms with Crippen molar-refractivity contribution in [1.82, 2.24) is 19.8 Å². The first kappa shape index (κ1) is 17.6. The molecule has 2 aromatic rings. The average Bonchev–Trinajstić information content (AvgIpc) is 2.66. The minimum absolute atomic E-state index is 0.277. The van der Waals surface area contributed by atoms with Gasteiger partial charge in [0.1, 0.15) is 0 Å². The maximum absolute atomic E-state index is 5.60. The van der Waals surface area contributed by atoms with Crippen molar-refractivity contribution in [1.29, 1.82) is 0 Å². The molecule has 0 bridgehead atoms. The monoisotopic (exact) mass is 352 g/mol. The number of likely N-dealkylation sites (N-methyl/N-ethyl adjacent to an activating group) is 1. The van der Waals surface area contributed by atoms with Gasteiger partial charge in [-0.15, -0.1) is 0 Å². The van der Waals surface area contributed by atoms with E-state index in [1.807, 2.05) is 12.4 Å². The second-order valence-corrected chi connectivity index (χ2v) is 7.75. The molecule has 0 unspecified atom stereocenters. The third-order valence-corrected chi connectivity index (χ3v) is 5.89. The van der Waals surface area contributed by atoms with Gasteiger partial charge in [0.15, 0.2) is 5.82 Å². The number of piperazine rings is 1. The van der Waals surface area contributed by atoms with E-state index in [4.69, 9.17) is 4.74 Å². The highest BCUT2D eigenvalue weighted by Crippen LogP contribution is 2.31. The molecule has 0 saturated carbocycles. The third kappa shape index (κ3) is 3.65. The average molecular weight is 352 g/mol. The van der Waals surface area contributed by atoms with Crippen LogP contribution in [0.15, 0.2) is 36.7 Å². The van der Waals surface area contributed by atoms with E-state index >= 15 is 0 Å². The number of ether oxygens (including phenoxy) is 1. The van der Waals surface area contributed by atoms with Gasteiger partial charge in [-0.05, 0) is 32.9 Å². The predicted octanol–water partition coefficient (Wildman–Crippen LogP) is 2.75. The first-order chi connectivity index (χ1) is 12.6. The number of rotatable bonds is 3. The van der Waals surface area contributed by atoms with Crippen molar-refractivity contribution < 1.29 is 4.74 Å². The molecule has 0 radical (unpaired) electrons. The van der Waals surface area contributed by atoms with Crippen LogP contribution in [0.3, 0.4) is 0 Å². The summed E-state index contributed by atoms with van der Waals surface area (Å²) in [5.74, 6) is 0.803. The normalized spacial score (nSPS) is 21.2. The first-order valence-electron chi connectivity index (χ1n) is 9.54. The lowest BCUT2D eigenvalue weighted by Gasteiger charge is -2.51. The lowest BCUT2D eigenvalue weighted by molar-refractivity contribution is -0.0625. The molecule has 1 spiro atoms. The molecule has 0 N–H and O–H groups in total. The molecule has 0 aliphatic carbocycles. The van der Waals surface area contributed by atoms with Crippen LogP contribution >= 0.6 is 0 Å². The molecule has 5 nitrogen and oxygen atoms in total. The van der Waals surface area contributed by atoms with Gasteiger partial charge in [0.25, 0.3) is 0 Å². The zero-order valence-corrected chi connectivity index (χ0v) is 15.8. The quantitative estimate of drug-likeness (QED) is 0.850. The van der Waals surface area contributed by atoms with E-state index in [-0.39, 0.29) is 5.54 Å². The number of nitrogens with zero attached hydrogens (tertiary/aromatic N) is 4. The van der Waals surface area contributed by atoms with Crippen molar-refractivity contribution in [2.24, 2.45) is 0 Å². The van der Waals surface area contributed by atoms with Gasteiger partial charge in [-0.2, -0.15) is 0 Å². The molecule has 26 heavy (non-hydrogen) atoms. The largest absolute Gasteiger partial charge is 0.381 e. The number of aromatic nitrogens is 2. The second-order valence-electron chi connectivity index (χ2n) is 7.75. The Morgan fingerprint density at radius 3 is 2.62 bits per heavy atom. The molecule has 2 fully saturated rings. The summed E-state index contributed by atoms with van der Waals surface area (Å²) in [6.07, 6.45) is 6.23. The Labute approximate surface area is 156 Å². The van der Waals surface area contributed by atoms with E-state index in [0.29, 0.717) is 0 Å². The topological polar surface area (TPSA) is 41.5 Å². The maximum Gasteiger partial charge on any atom is 0.159 e. The molecule has 138 valence electrons. The van der Waals surface area contributed by atoms with Gasteiger partial charge in [0.2, 0.25) is 0 Å². The van der Waals surface area contributed by atoms with Crippen LogP contribution in [0.25, 0.3) is 11.4 Å². The zero-order chi connectivity index (χ0) is 18.0. The maximum atomic E-state index is 5.60. The van der Waals surface area contributed by atoms with Crippen LogP contribution in [-0.4, -0.2) is 65.2 Å². The van der Waals surface area contributed by atoms with E-state index in [0.717, 1.165) is 63.6 Å². The van der Waals surface area contributed by atoms with Crippen molar-refractivity contribution in [2.45, 2.75) is 31.8 Å². The summed E-state index contributed by atoms with van der Waals surface area (Å²) in [5.41, 5.74) is 3.78. The van der Waals surface area contributed by atoms with Crippen LogP contribution in [0.4, 0.5) is 0 Å². The van der Waals surface area contributed by atoms with Gasteiger partial charge in [0.05, 0.1) is 0 Å². The highest BCUT2D eigenvalue weighted by atomic mass is 16.5. The molecule has 2 aliphatic heterocycles. The van der Waals surface area contributed by atoms with Crippen LogP contribution in [0, 0.1) is 6.92 Å². The Morgan fingerprint density at radius 1 is 1.12 bits per heavy atom. The highest BCUT2D eigenvalue weighted by molar-refractivity contribution is 5.55. The summed E-state index contributed by atoms with van der Waals surface area (Å²) in [5, 5.41) is 0. The van der Waals surface area contributed by atoms with E-state index < -0.39 is 0 Å². The molecule has 1 aromatic heterocycles. The first-order valence-corrected chi connectivity index (χ1v) is 9.54. The Hall–Kier alpha value is -1.82. The minimum Gasteiger partial charge on any atom is -0.381 e. The smallest absolute Gasteiger partial charge is 0.159 e. The summed E-state index contributed by atoms with van der Waals surface area (Å²) >= 11 is 0. The van der Waals surface area contributed by atoms with E-state index in [1.54, 1.807) is 0 Å². The Kier molecular flexibility index (Phi) is 5.02. The lowest BCUT2D eigenvalue weighted by Crippen LogP contribution is -2.62. The van der Waals surface area contributed by atoms with Crippen LogP contribution < -0.4 is 0 Å². The standard InChI is InChI=1S/C21H28N4O/c1-17-4-3-5-19(12-17)20-22-13-18(14-23-20)15-25-9-8-24(2)21(16-25)6-10-26-11-7-21/h3-5,12-14H,6-11,15-16H2,1-2H3. The fraction of sp³-hybridized carbons (Fsp3) is 0.524. The van der Waals surface area contributed by atoms with Gasteiger partial charge in [-0.1, -0.05) is 23.8 Å². The van der Waals surface area contributed by atoms with Crippen molar-refractivity contribution in [2.75, 3.05) is 39.9 Å². The number of hydrogen-bond donors (Lipinski definition) is 0. The molecular formula is C21H28N4O.